The van der Waals surface area contributed by atoms with Crippen LogP contribution in [-0.2, 0) is 6.42 Å². The molecular formula is C9H12BNO3. The molecule has 4 nitrogen and oxygen atoms in total. The summed E-state index contributed by atoms with van der Waals surface area (Å²) < 4.78 is 4.76. The van der Waals surface area contributed by atoms with Crippen LogP contribution in [0.4, 0.5) is 0 Å². The lowest BCUT2D eigenvalue weighted by molar-refractivity contribution is 0.286. The van der Waals surface area contributed by atoms with Crippen molar-refractivity contribution in [3.63, 3.8) is 0 Å². The van der Waals surface area contributed by atoms with Crippen LogP contribution in [0.1, 0.15) is 12.1 Å². The van der Waals surface area contributed by atoms with Crippen molar-refractivity contribution in [1.29, 1.82) is 0 Å². The summed E-state index contributed by atoms with van der Waals surface area (Å²) in [6, 6.07) is 3.32. The van der Waals surface area contributed by atoms with Gasteiger partial charge in [0.2, 0.25) is 0 Å². The van der Waals surface area contributed by atoms with E-state index in [1.807, 2.05) is 0 Å². The molecule has 0 aliphatic heterocycles. The van der Waals surface area contributed by atoms with Crippen molar-refractivity contribution in [3.8, 4) is 5.75 Å². The third-order valence-electron chi connectivity index (χ3n) is 1.67. The molecular weight excluding hydrogens is 181 g/mol. The summed E-state index contributed by atoms with van der Waals surface area (Å²) in [5.74, 6) is 0.393. The van der Waals surface area contributed by atoms with Gasteiger partial charge in [-0.1, -0.05) is 6.08 Å². The van der Waals surface area contributed by atoms with E-state index in [0.717, 1.165) is 6.42 Å². The van der Waals surface area contributed by atoms with Crippen LogP contribution in [-0.4, -0.2) is 22.4 Å². The second-order valence-electron chi connectivity index (χ2n) is 2.72. The highest BCUT2D eigenvalue weighted by molar-refractivity contribution is 6.33. The first-order chi connectivity index (χ1) is 6.74. The molecule has 2 N–H and O–H groups in total. The summed E-state index contributed by atoms with van der Waals surface area (Å²) >= 11 is 0. The highest BCUT2D eigenvalue weighted by Crippen LogP contribution is 2.16. The van der Waals surface area contributed by atoms with Gasteiger partial charge in [-0.05, 0) is 25.0 Å². The average Bonchev–Trinajstić information content (AvgIpc) is 2.16. The summed E-state index contributed by atoms with van der Waals surface area (Å²) in [6.45, 7) is 3.60. The number of hydrogen-bond donors (Lipinski definition) is 2. The fourth-order valence-corrected chi connectivity index (χ4v) is 1.07. The summed E-state index contributed by atoms with van der Waals surface area (Å²) in [7, 11) is -1.80. The number of nitrogens with zero attached hydrogens (tertiary/aromatic N) is 1. The lowest BCUT2D eigenvalue weighted by atomic mass is 10.2. The zero-order valence-electron chi connectivity index (χ0n) is 7.76. The van der Waals surface area contributed by atoms with E-state index in [-0.39, 0.29) is 0 Å². The van der Waals surface area contributed by atoms with Gasteiger partial charge in [0.1, 0.15) is 5.75 Å². The molecule has 0 fully saturated rings. The predicted octanol–water partition coefficient (Wildman–Crippen LogP) is 0.548. The molecule has 1 aromatic rings. The smallest absolute Gasteiger partial charge is 0.510 e. The van der Waals surface area contributed by atoms with Gasteiger partial charge in [0.05, 0.1) is 5.69 Å². The van der Waals surface area contributed by atoms with Crippen molar-refractivity contribution < 1.29 is 14.7 Å². The molecule has 1 rings (SSSR count). The zero-order chi connectivity index (χ0) is 10.4. The molecule has 0 unspecified atom stereocenters. The van der Waals surface area contributed by atoms with E-state index in [1.54, 1.807) is 24.4 Å². The van der Waals surface area contributed by atoms with Gasteiger partial charge in [-0.2, -0.15) is 0 Å². The van der Waals surface area contributed by atoms with E-state index in [2.05, 4.69) is 11.6 Å². The van der Waals surface area contributed by atoms with Gasteiger partial charge in [-0.15, -0.1) is 6.58 Å². The van der Waals surface area contributed by atoms with E-state index in [1.165, 1.54) is 0 Å². The van der Waals surface area contributed by atoms with E-state index in [9.17, 15) is 0 Å². The Kier molecular flexibility index (Phi) is 4.16. The minimum absolute atomic E-state index is 0.393. The first-order valence-electron chi connectivity index (χ1n) is 4.31. The molecule has 0 aliphatic carbocycles. The molecule has 0 aromatic carbocycles. The van der Waals surface area contributed by atoms with E-state index in [4.69, 9.17) is 14.7 Å². The number of aromatic nitrogens is 1. The van der Waals surface area contributed by atoms with Gasteiger partial charge in [0.25, 0.3) is 0 Å². The van der Waals surface area contributed by atoms with Gasteiger partial charge in [-0.3, -0.25) is 4.98 Å². The van der Waals surface area contributed by atoms with Crippen LogP contribution in [0.25, 0.3) is 0 Å². The molecule has 5 heteroatoms. The Morgan fingerprint density at radius 1 is 1.57 bits per heavy atom. The third-order valence-corrected chi connectivity index (χ3v) is 1.67. The average molecular weight is 193 g/mol. The fraction of sp³-hybridized carbons (Fsp3) is 0.222. The van der Waals surface area contributed by atoms with Gasteiger partial charge in [0.15, 0.2) is 0 Å². The second-order valence-corrected chi connectivity index (χ2v) is 2.72. The van der Waals surface area contributed by atoms with Crippen LogP contribution in [0.3, 0.4) is 0 Å². The van der Waals surface area contributed by atoms with Gasteiger partial charge < -0.3 is 14.7 Å². The summed E-state index contributed by atoms with van der Waals surface area (Å²) in [4.78, 5) is 4.07. The van der Waals surface area contributed by atoms with Crippen molar-refractivity contribution >= 4 is 7.32 Å². The van der Waals surface area contributed by atoms with E-state index >= 15 is 0 Å². The maximum atomic E-state index is 8.64. The molecule has 0 saturated heterocycles. The Labute approximate surface area is 83.1 Å². The van der Waals surface area contributed by atoms with E-state index in [0.29, 0.717) is 17.9 Å². The normalized spacial score (nSPS) is 9.57. The number of hydrogen-bond acceptors (Lipinski definition) is 4. The molecule has 0 atom stereocenters. The minimum atomic E-state index is -1.80. The number of aryl methyl sites for hydroxylation is 1. The molecule has 74 valence electrons. The molecule has 1 aromatic heterocycles. The van der Waals surface area contributed by atoms with Crippen molar-refractivity contribution in [2.24, 2.45) is 0 Å². The third kappa shape index (κ3) is 3.20. The Hall–Kier alpha value is -1.33. The summed E-state index contributed by atoms with van der Waals surface area (Å²) in [6.07, 6.45) is 4.85. The maximum Gasteiger partial charge on any atom is 0.707 e. The molecule has 0 saturated carbocycles. The first kappa shape index (κ1) is 10.8. The lowest BCUT2D eigenvalue weighted by Crippen LogP contribution is -2.21. The first-order valence-corrected chi connectivity index (χ1v) is 4.31. The van der Waals surface area contributed by atoms with Gasteiger partial charge in [0, 0.05) is 6.20 Å². The van der Waals surface area contributed by atoms with Crippen LogP contribution in [0.15, 0.2) is 31.0 Å². The Morgan fingerprint density at radius 2 is 2.36 bits per heavy atom. The minimum Gasteiger partial charge on any atom is -0.510 e. The van der Waals surface area contributed by atoms with Crippen LogP contribution in [0.2, 0.25) is 0 Å². The standard InChI is InChI=1S/C9H12BNO3/c1-2-3-5-8-9(14-10(12)13)6-4-7-11-8/h2,4,6-7,12-13H,1,3,5H2. The Balaban J connectivity index is 2.74. The summed E-state index contributed by atoms with van der Waals surface area (Å²) in [5.41, 5.74) is 0.695. The molecule has 0 spiro atoms. The van der Waals surface area contributed by atoms with Crippen molar-refractivity contribution in [2.45, 2.75) is 12.8 Å². The van der Waals surface area contributed by atoms with Crippen molar-refractivity contribution in [2.75, 3.05) is 0 Å². The largest absolute Gasteiger partial charge is 0.707 e. The van der Waals surface area contributed by atoms with Crippen molar-refractivity contribution in [1.82, 2.24) is 4.98 Å². The molecule has 0 radical (unpaired) electrons. The lowest BCUT2D eigenvalue weighted by Gasteiger charge is -2.08. The quantitative estimate of drug-likeness (QED) is 0.529. The highest BCUT2D eigenvalue weighted by Gasteiger charge is 2.13. The molecule has 14 heavy (non-hydrogen) atoms. The topological polar surface area (TPSA) is 62.6 Å². The number of pyridine rings is 1. The monoisotopic (exact) mass is 193 g/mol. The Morgan fingerprint density at radius 3 is 3.00 bits per heavy atom. The molecule has 0 bridgehead atoms. The number of rotatable bonds is 5. The molecule has 0 amide bonds. The van der Waals surface area contributed by atoms with Gasteiger partial charge in [-0.25, -0.2) is 0 Å². The Bertz CT molecular complexity index is 304. The van der Waals surface area contributed by atoms with Crippen LogP contribution < -0.4 is 4.65 Å². The SMILES string of the molecule is C=CCCc1ncccc1OB(O)O. The van der Waals surface area contributed by atoms with Crippen LogP contribution in [0.5, 0.6) is 5.75 Å². The molecule has 1 heterocycles. The van der Waals surface area contributed by atoms with Crippen molar-refractivity contribution in [3.05, 3.63) is 36.7 Å². The maximum absolute atomic E-state index is 8.64. The predicted molar refractivity (Wildman–Crippen MR) is 53.6 cm³/mol. The van der Waals surface area contributed by atoms with Gasteiger partial charge >= 0.3 is 7.32 Å². The molecule has 0 aliphatic rings. The van der Waals surface area contributed by atoms with Crippen LogP contribution >= 0.6 is 0 Å². The van der Waals surface area contributed by atoms with E-state index < -0.39 is 7.32 Å². The summed E-state index contributed by atoms with van der Waals surface area (Å²) in [5, 5.41) is 17.3. The zero-order valence-corrected chi connectivity index (χ0v) is 7.76. The number of allylic oxidation sites excluding steroid dienone is 1. The highest BCUT2D eigenvalue weighted by atomic mass is 16.6. The second kappa shape index (κ2) is 5.41. The van der Waals surface area contributed by atoms with Crippen LogP contribution in [0, 0.1) is 0 Å². The fourth-order valence-electron chi connectivity index (χ4n) is 1.07.